The highest BCUT2D eigenvalue weighted by Crippen LogP contribution is 2.29. The first-order valence-corrected chi connectivity index (χ1v) is 7.55. The highest BCUT2D eigenvalue weighted by Gasteiger charge is 2.09. The minimum atomic E-state index is 0.789. The van der Waals surface area contributed by atoms with Crippen molar-refractivity contribution < 1.29 is 0 Å². The maximum Gasteiger partial charge on any atom is 0.0491 e. The molecule has 0 saturated heterocycles. The molecule has 20 heavy (non-hydrogen) atoms. The Kier molecular flexibility index (Phi) is 3.75. The largest absolute Gasteiger partial charge is 0.341 e. The second-order valence-corrected chi connectivity index (χ2v) is 5.36. The molecule has 0 spiro atoms. The molecule has 0 aliphatic heterocycles. The summed E-state index contributed by atoms with van der Waals surface area (Å²) in [6.45, 7) is 4.01. The lowest BCUT2D eigenvalue weighted by Crippen LogP contribution is -1.99. The Balaban J connectivity index is 2.11. The number of aryl methyl sites for hydroxylation is 2. The van der Waals surface area contributed by atoms with E-state index in [0.29, 0.717) is 0 Å². The predicted octanol–water partition coefficient (Wildman–Crippen LogP) is 4.10. The molecule has 0 aliphatic carbocycles. The van der Waals surface area contributed by atoms with E-state index in [9.17, 15) is 0 Å². The number of aromatic nitrogens is 1. The van der Waals surface area contributed by atoms with Crippen molar-refractivity contribution in [1.29, 1.82) is 0 Å². The van der Waals surface area contributed by atoms with Crippen LogP contribution in [0.15, 0.2) is 42.5 Å². The molecule has 3 rings (SSSR count). The van der Waals surface area contributed by atoms with E-state index in [-0.39, 0.29) is 0 Å². The minimum absolute atomic E-state index is 0.789. The van der Waals surface area contributed by atoms with E-state index in [0.717, 1.165) is 25.9 Å². The molecule has 0 saturated carbocycles. The van der Waals surface area contributed by atoms with Gasteiger partial charge >= 0.3 is 0 Å². The second kappa shape index (κ2) is 5.68. The van der Waals surface area contributed by atoms with Crippen molar-refractivity contribution in [3.05, 3.63) is 48.0 Å². The average molecular weight is 266 g/mol. The summed E-state index contributed by atoms with van der Waals surface area (Å²) in [5.41, 5.74) is 9.68. The number of rotatable bonds is 5. The summed E-state index contributed by atoms with van der Waals surface area (Å²) >= 11 is 0. The van der Waals surface area contributed by atoms with Crippen LogP contribution in [0.4, 0.5) is 0 Å². The minimum Gasteiger partial charge on any atom is -0.341 e. The van der Waals surface area contributed by atoms with Crippen molar-refractivity contribution in [3.63, 3.8) is 0 Å². The lowest BCUT2D eigenvalue weighted by molar-refractivity contribution is 0.745. The normalized spacial score (nSPS) is 11.5. The summed E-state index contributed by atoms with van der Waals surface area (Å²) in [4.78, 5) is 0. The van der Waals surface area contributed by atoms with Gasteiger partial charge in [0.05, 0.1) is 0 Å². The quantitative estimate of drug-likeness (QED) is 0.693. The molecule has 2 nitrogen and oxygen atoms in total. The Morgan fingerprint density at radius 3 is 2.55 bits per heavy atom. The first-order valence-electron chi connectivity index (χ1n) is 7.55. The molecule has 0 aliphatic rings. The molecular formula is C18H22N2. The molecule has 1 aromatic heterocycles. The number of hydrogen-bond acceptors (Lipinski definition) is 1. The van der Waals surface area contributed by atoms with E-state index in [1.165, 1.54) is 33.8 Å². The fraction of sp³-hybridized carbons (Fsp3) is 0.333. The highest BCUT2D eigenvalue weighted by molar-refractivity contribution is 6.08. The van der Waals surface area contributed by atoms with Crippen molar-refractivity contribution in [3.8, 4) is 0 Å². The van der Waals surface area contributed by atoms with Crippen LogP contribution in [0.3, 0.4) is 0 Å². The Morgan fingerprint density at radius 2 is 1.75 bits per heavy atom. The number of hydrogen-bond donors (Lipinski definition) is 1. The third kappa shape index (κ3) is 2.20. The number of fused-ring (bicyclic) bond motifs is 3. The van der Waals surface area contributed by atoms with E-state index in [1.54, 1.807) is 0 Å². The first kappa shape index (κ1) is 13.2. The third-order valence-corrected chi connectivity index (χ3v) is 4.07. The summed E-state index contributed by atoms with van der Waals surface area (Å²) in [5, 5.41) is 2.75. The van der Waals surface area contributed by atoms with Gasteiger partial charge in [-0.1, -0.05) is 24.3 Å². The van der Waals surface area contributed by atoms with E-state index < -0.39 is 0 Å². The average Bonchev–Trinajstić information content (AvgIpc) is 2.81. The van der Waals surface area contributed by atoms with Crippen molar-refractivity contribution in [2.24, 2.45) is 5.73 Å². The SMILES string of the molecule is CCn1c2ccccc2c2cc(CCCCN)ccc21. The van der Waals surface area contributed by atoms with Crippen LogP contribution in [-0.4, -0.2) is 11.1 Å². The maximum atomic E-state index is 5.58. The number of benzene rings is 2. The fourth-order valence-corrected chi connectivity index (χ4v) is 3.07. The molecule has 0 amide bonds. The van der Waals surface area contributed by atoms with Gasteiger partial charge in [0.1, 0.15) is 0 Å². The van der Waals surface area contributed by atoms with Crippen molar-refractivity contribution in [2.45, 2.75) is 32.7 Å². The molecule has 2 heteroatoms. The molecule has 0 radical (unpaired) electrons. The predicted molar refractivity (Wildman–Crippen MR) is 87.1 cm³/mol. The van der Waals surface area contributed by atoms with E-state index in [1.807, 2.05) is 0 Å². The van der Waals surface area contributed by atoms with Crippen LogP contribution in [-0.2, 0) is 13.0 Å². The molecule has 1 heterocycles. The summed E-state index contributed by atoms with van der Waals surface area (Å²) in [6.07, 6.45) is 3.40. The van der Waals surface area contributed by atoms with Gasteiger partial charge in [-0.2, -0.15) is 0 Å². The standard InChI is InChI=1S/C18H22N2/c1-2-20-17-9-4-3-8-15(17)16-13-14(7-5-6-12-19)10-11-18(16)20/h3-4,8-11,13H,2,5-7,12,19H2,1H3. The molecule has 0 fully saturated rings. The molecule has 3 aromatic rings. The summed E-state index contributed by atoms with van der Waals surface area (Å²) in [5.74, 6) is 0. The van der Waals surface area contributed by atoms with Gasteiger partial charge < -0.3 is 10.3 Å². The Labute approximate surface area is 120 Å². The van der Waals surface area contributed by atoms with Gasteiger partial charge in [0.15, 0.2) is 0 Å². The number of nitrogens with two attached hydrogens (primary N) is 1. The third-order valence-electron chi connectivity index (χ3n) is 4.07. The summed E-state index contributed by atoms with van der Waals surface area (Å²) in [6, 6.07) is 15.6. The molecule has 2 aromatic carbocycles. The monoisotopic (exact) mass is 266 g/mol. The summed E-state index contributed by atoms with van der Waals surface area (Å²) in [7, 11) is 0. The zero-order valence-electron chi connectivity index (χ0n) is 12.1. The first-order chi connectivity index (χ1) is 9.85. The van der Waals surface area contributed by atoms with Crippen LogP contribution in [0.25, 0.3) is 21.8 Å². The van der Waals surface area contributed by atoms with E-state index >= 15 is 0 Å². The Hall–Kier alpha value is -1.80. The topological polar surface area (TPSA) is 30.9 Å². The lowest BCUT2D eigenvalue weighted by Gasteiger charge is -2.04. The van der Waals surface area contributed by atoms with E-state index in [2.05, 4.69) is 54.0 Å². The molecule has 0 bridgehead atoms. The Bertz CT molecular complexity index is 725. The van der Waals surface area contributed by atoms with Gasteiger partial charge in [-0.15, -0.1) is 0 Å². The molecule has 0 atom stereocenters. The van der Waals surface area contributed by atoms with Crippen molar-refractivity contribution in [1.82, 2.24) is 4.57 Å². The fourth-order valence-electron chi connectivity index (χ4n) is 3.07. The van der Waals surface area contributed by atoms with Gasteiger partial charge in [-0.3, -0.25) is 0 Å². The zero-order chi connectivity index (χ0) is 13.9. The van der Waals surface area contributed by atoms with Crippen LogP contribution in [0.2, 0.25) is 0 Å². The van der Waals surface area contributed by atoms with Gasteiger partial charge in [0.2, 0.25) is 0 Å². The van der Waals surface area contributed by atoms with Gasteiger partial charge in [-0.25, -0.2) is 0 Å². The van der Waals surface area contributed by atoms with E-state index in [4.69, 9.17) is 5.73 Å². The lowest BCUT2D eigenvalue weighted by atomic mass is 10.0. The molecule has 104 valence electrons. The smallest absolute Gasteiger partial charge is 0.0491 e. The zero-order valence-corrected chi connectivity index (χ0v) is 12.1. The Morgan fingerprint density at radius 1 is 0.950 bits per heavy atom. The number of nitrogens with zero attached hydrogens (tertiary/aromatic N) is 1. The van der Waals surface area contributed by atoms with Gasteiger partial charge in [-0.05, 0) is 56.5 Å². The van der Waals surface area contributed by atoms with Crippen LogP contribution in [0.5, 0.6) is 0 Å². The van der Waals surface area contributed by atoms with Crippen LogP contribution >= 0.6 is 0 Å². The summed E-state index contributed by atoms with van der Waals surface area (Å²) < 4.78 is 2.40. The maximum absolute atomic E-state index is 5.58. The number of unbranched alkanes of at least 4 members (excludes halogenated alkanes) is 1. The molecule has 2 N–H and O–H groups in total. The van der Waals surface area contributed by atoms with Crippen LogP contribution in [0, 0.1) is 0 Å². The van der Waals surface area contributed by atoms with Gasteiger partial charge in [0, 0.05) is 28.4 Å². The molecule has 0 unspecified atom stereocenters. The van der Waals surface area contributed by atoms with Crippen LogP contribution < -0.4 is 5.73 Å². The van der Waals surface area contributed by atoms with Gasteiger partial charge in [0.25, 0.3) is 0 Å². The van der Waals surface area contributed by atoms with Crippen molar-refractivity contribution in [2.75, 3.05) is 6.54 Å². The molecular weight excluding hydrogens is 244 g/mol. The number of para-hydroxylation sites is 1. The highest BCUT2D eigenvalue weighted by atomic mass is 15.0. The second-order valence-electron chi connectivity index (χ2n) is 5.36. The van der Waals surface area contributed by atoms with Crippen LogP contribution in [0.1, 0.15) is 25.3 Å². The van der Waals surface area contributed by atoms with Crippen molar-refractivity contribution >= 4 is 21.8 Å².